The Hall–Kier alpha value is -1.49. The molecule has 0 atom stereocenters. The van der Waals surface area contributed by atoms with Crippen LogP contribution in [0.25, 0.3) is 0 Å². The minimum absolute atomic E-state index is 0.578. The molecule has 1 saturated heterocycles. The fourth-order valence-corrected chi connectivity index (χ4v) is 1.81. The molecular weight excluding hydrogens is 204 g/mol. The van der Waals surface area contributed by atoms with Gasteiger partial charge in [-0.25, -0.2) is 5.01 Å². The molecule has 16 heavy (non-hydrogen) atoms. The molecule has 1 aliphatic heterocycles. The summed E-state index contributed by atoms with van der Waals surface area (Å²) in [4.78, 5) is 4.28. The lowest BCUT2D eigenvalue weighted by Gasteiger charge is -2.27. The Morgan fingerprint density at radius 3 is 2.75 bits per heavy atom. The van der Waals surface area contributed by atoms with E-state index in [9.17, 15) is 0 Å². The van der Waals surface area contributed by atoms with Crippen LogP contribution in [0, 0.1) is 0 Å². The van der Waals surface area contributed by atoms with Crippen LogP contribution in [0.2, 0.25) is 0 Å². The number of nitrogens with zero attached hydrogens (tertiary/aromatic N) is 2. The van der Waals surface area contributed by atoms with E-state index in [-0.39, 0.29) is 0 Å². The third-order valence-electron chi connectivity index (χ3n) is 2.73. The van der Waals surface area contributed by atoms with Crippen molar-refractivity contribution in [1.82, 2.24) is 9.99 Å². The number of aromatic nitrogens is 1. The van der Waals surface area contributed by atoms with Gasteiger partial charge in [-0.1, -0.05) is 6.42 Å². The van der Waals surface area contributed by atoms with E-state index in [1.54, 1.807) is 19.2 Å². The number of pyridine rings is 1. The third kappa shape index (κ3) is 2.55. The van der Waals surface area contributed by atoms with Gasteiger partial charge in [0, 0.05) is 19.2 Å². The molecule has 0 bridgehead atoms. The first-order chi connectivity index (χ1) is 7.79. The molecule has 0 unspecified atom stereocenters. The van der Waals surface area contributed by atoms with E-state index in [2.05, 4.69) is 15.4 Å². The fraction of sp³-hybridized carbons (Fsp3) is 0.545. The predicted molar refractivity (Wildman–Crippen MR) is 64.2 cm³/mol. The lowest BCUT2D eigenvalue weighted by Crippen LogP contribution is -2.35. The predicted octanol–water partition coefficient (Wildman–Crippen LogP) is 1.49. The first-order valence-corrected chi connectivity index (χ1v) is 5.62. The van der Waals surface area contributed by atoms with Gasteiger partial charge in [-0.05, 0) is 18.9 Å². The molecule has 1 aliphatic rings. The molecule has 1 aromatic heterocycles. The summed E-state index contributed by atoms with van der Waals surface area (Å²) >= 11 is 0. The Kier molecular flexibility index (Phi) is 3.46. The van der Waals surface area contributed by atoms with E-state index in [0.29, 0.717) is 17.4 Å². The van der Waals surface area contributed by atoms with Gasteiger partial charge in [-0.2, -0.15) is 4.98 Å². The van der Waals surface area contributed by atoms with Crippen LogP contribution in [0.4, 0.5) is 11.5 Å². The molecule has 0 amide bonds. The van der Waals surface area contributed by atoms with Crippen molar-refractivity contribution in [2.45, 2.75) is 19.3 Å². The lowest BCUT2D eigenvalue weighted by atomic mass is 10.2. The maximum atomic E-state index is 5.85. The largest absolute Gasteiger partial charge is 0.481 e. The lowest BCUT2D eigenvalue weighted by molar-refractivity contribution is 0.272. The zero-order chi connectivity index (χ0) is 11.4. The zero-order valence-corrected chi connectivity index (χ0v) is 9.57. The maximum Gasteiger partial charge on any atom is 0.215 e. The highest BCUT2D eigenvalue weighted by atomic mass is 16.5. The van der Waals surface area contributed by atoms with Crippen molar-refractivity contribution in [3.63, 3.8) is 0 Å². The Labute approximate surface area is 95.6 Å². The van der Waals surface area contributed by atoms with Crippen molar-refractivity contribution < 1.29 is 4.74 Å². The van der Waals surface area contributed by atoms with Gasteiger partial charge in [0.1, 0.15) is 0 Å². The minimum atomic E-state index is 0.578. The minimum Gasteiger partial charge on any atom is -0.481 e. The van der Waals surface area contributed by atoms with E-state index in [1.807, 2.05) is 0 Å². The molecule has 2 heterocycles. The topological polar surface area (TPSA) is 63.4 Å². The van der Waals surface area contributed by atoms with Crippen LogP contribution in [-0.2, 0) is 0 Å². The molecular formula is C11H18N4O. The normalized spacial score (nSPS) is 17.1. The van der Waals surface area contributed by atoms with Gasteiger partial charge >= 0.3 is 0 Å². The number of rotatable bonds is 3. The molecule has 0 saturated carbocycles. The Balaban J connectivity index is 2.06. The number of hydrogen-bond acceptors (Lipinski definition) is 5. The molecule has 0 aromatic carbocycles. The first-order valence-electron chi connectivity index (χ1n) is 5.62. The summed E-state index contributed by atoms with van der Waals surface area (Å²) < 4.78 is 5.07. The fourth-order valence-electron chi connectivity index (χ4n) is 1.81. The van der Waals surface area contributed by atoms with E-state index in [4.69, 9.17) is 10.5 Å². The van der Waals surface area contributed by atoms with Gasteiger partial charge in [0.05, 0.1) is 12.8 Å². The van der Waals surface area contributed by atoms with Crippen LogP contribution < -0.4 is 15.9 Å². The van der Waals surface area contributed by atoms with E-state index in [0.717, 1.165) is 13.1 Å². The summed E-state index contributed by atoms with van der Waals surface area (Å²) in [6.45, 7) is 2.08. The maximum absolute atomic E-state index is 5.85. The average Bonchev–Trinajstić information content (AvgIpc) is 2.33. The third-order valence-corrected chi connectivity index (χ3v) is 2.73. The number of nitrogen functional groups attached to an aromatic ring is 1. The van der Waals surface area contributed by atoms with Gasteiger partial charge in [-0.15, -0.1) is 0 Å². The molecule has 0 aliphatic carbocycles. The highest BCUT2D eigenvalue weighted by Gasteiger charge is 2.12. The van der Waals surface area contributed by atoms with Gasteiger partial charge in [0.25, 0.3) is 0 Å². The Morgan fingerprint density at radius 2 is 2.06 bits per heavy atom. The zero-order valence-electron chi connectivity index (χ0n) is 9.57. The van der Waals surface area contributed by atoms with E-state index in [1.165, 1.54) is 19.3 Å². The quantitative estimate of drug-likeness (QED) is 0.811. The summed E-state index contributed by atoms with van der Waals surface area (Å²) in [5.41, 5.74) is 9.74. The summed E-state index contributed by atoms with van der Waals surface area (Å²) in [7, 11) is 1.60. The summed E-state index contributed by atoms with van der Waals surface area (Å²) in [6.07, 6.45) is 3.74. The van der Waals surface area contributed by atoms with E-state index < -0.39 is 0 Å². The number of piperidine rings is 1. The molecule has 1 aromatic rings. The Bertz CT molecular complexity index is 350. The second-order valence-electron chi connectivity index (χ2n) is 3.95. The summed E-state index contributed by atoms with van der Waals surface area (Å²) in [6, 6.07) is 3.56. The molecule has 2 rings (SSSR count). The summed E-state index contributed by atoms with van der Waals surface area (Å²) in [5, 5.41) is 2.15. The summed E-state index contributed by atoms with van der Waals surface area (Å²) in [5.74, 6) is 1.26. The van der Waals surface area contributed by atoms with Crippen LogP contribution in [0.1, 0.15) is 19.3 Å². The van der Waals surface area contributed by atoms with Crippen molar-refractivity contribution in [1.29, 1.82) is 0 Å². The van der Waals surface area contributed by atoms with Crippen LogP contribution in [0.3, 0.4) is 0 Å². The van der Waals surface area contributed by atoms with Gasteiger partial charge in [0.2, 0.25) is 5.88 Å². The number of hydrogen-bond donors (Lipinski definition) is 2. The number of nitrogens with two attached hydrogens (primary N) is 1. The van der Waals surface area contributed by atoms with Crippen LogP contribution in [-0.4, -0.2) is 30.2 Å². The van der Waals surface area contributed by atoms with E-state index >= 15 is 0 Å². The molecule has 88 valence electrons. The smallest absolute Gasteiger partial charge is 0.215 e. The number of methoxy groups -OCH3 is 1. The van der Waals surface area contributed by atoms with Crippen LogP contribution >= 0.6 is 0 Å². The van der Waals surface area contributed by atoms with Crippen LogP contribution in [0.15, 0.2) is 12.1 Å². The van der Waals surface area contributed by atoms with Crippen LogP contribution in [0.5, 0.6) is 5.88 Å². The highest BCUT2D eigenvalue weighted by molar-refractivity contribution is 5.61. The first kappa shape index (κ1) is 11.0. The van der Waals surface area contributed by atoms with Gasteiger partial charge in [-0.3, -0.25) is 0 Å². The van der Waals surface area contributed by atoms with Gasteiger partial charge in [0.15, 0.2) is 5.82 Å². The number of nitrogens with one attached hydrogen (secondary N) is 1. The molecule has 5 heteroatoms. The second-order valence-corrected chi connectivity index (χ2v) is 3.95. The van der Waals surface area contributed by atoms with Crippen molar-refractivity contribution in [2.24, 2.45) is 0 Å². The highest BCUT2D eigenvalue weighted by Crippen LogP contribution is 2.21. The molecule has 0 spiro atoms. The van der Waals surface area contributed by atoms with Crippen molar-refractivity contribution in [3.05, 3.63) is 12.1 Å². The molecule has 3 N–H and O–H groups in total. The molecule has 5 nitrogen and oxygen atoms in total. The number of hydrazine groups is 1. The molecule has 1 fully saturated rings. The average molecular weight is 222 g/mol. The number of ether oxygens (including phenoxy) is 1. The van der Waals surface area contributed by atoms with Crippen molar-refractivity contribution in [2.75, 3.05) is 31.4 Å². The van der Waals surface area contributed by atoms with Crippen molar-refractivity contribution in [3.8, 4) is 5.88 Å². The van der Waals surface area contributed by atoms with Gasteiger partial charge < -0.3 is 15.9 Å². The monoisotopic (exact) mass is 222 g/mol. The second kappa shape index (κ2) is 5.03. The standard InChI is InChI=1S/C11H18N4O/c1-16-10-6-5-9(12)11(13-10)14-15-7-3-2-4-8-15/h5-6H,2-4,7-8,12H2,1H3,(H,13,14). The number of anilines is 2. The molecule has 0 radical (unpaired) electrons. The van der Waals surface area contributed by atoms with Crippen molar-refractivity contribution >= 4 is 11.5 Å². The SMILES string of the molecule is COc1ccc(N)c(NN2CCCCC2)n1. The Morgan fingerprint density at radius 1 is 1.31 bits per heavy atom.